The van der Waals surface area contributed by atoms with Gasteiger partial charge in [0.2, 0.25) is 0 Å². The van der Waals surface area contributed by atoms with Gasteiger partial charge in [-0.15, -0.1) is 0 Å². The molecule has 0 aliphatic heterocycles. The average Bonchev–Trinajstić information content (AvgIpc) is 2.37. The van der Waals surface area contributed by atoms with Gasteiger partial charge in [-0.3, -0.25) is 0 Å². The molecule has 0 unspecified atom stereocenters. The fourth-order valence-electron chi connectivity index (χ4n) is 1.59. The van der Waals surface area contributed by atoms with Gasteiger partial charge in [0.1, 0.15) is 0 Å². The van der Waals surface area contributed by atoms with Crippen LogP contribution >= 0.6 is 11.8 Å². The number of unbranched alkanes of at least 4 members (excludes halogenated alkanes) is 2. The third-order valence-electron chi connectivity index (χ3n) is 2.59. The molecule has 0 bridgehead atoms. The van der Waals surface area contributed by atoms with E-state index >= 15 is 0 Å². The van der Waals surface area contributed by atoms with E-state index in [1.807, 2.05) is 11.8 Å². The summed E-state index contributed by atoms with van der Waals surface area (Å²) in [4.78, 5) is 0. The van der Waals surface area contributed by atoms with Crippen LogP contribution in [0.3, 0.4) is 0 Å². The summed E-state index contributed by atoms with van der Waals surface area (Å²) in [5.41, 5.74) is 2.59. The normalized spacial score (nSPS) is 10.5. The molecule has 3 heteroatoms. The predicted molar refractivity (Wildman–Crippen MR) is 77.7 cm³/mol. The molecule has 0 saturated carbocycles. The summed E-state index contributed by atoms with van der Waals surface area (Å²) >= 11 is 1.95. The third kappa shape index (κ3) is 6.59. The molecule has 1 aromatic carbocycles. The third-order valence-corrected chi connectivity index (χ3v) is 3.54. The smallest absolute Gasteiger partial charge is 0.0431 e. The average molecular weight is 253 g/mol. The van der Waals surface area contributed by atoms with Crippen LogP contribution in [-0.2, 0) is 5.75 Å². The molecule has 0 saturated heterocycles. The molecule has 0 aliphatic carbocycles. The Labute approximate surface area is 109 Å². The molecule has 1 rings (SSSR count). The zero-order valence-corrected chi connectivity index (χ0v) is 11.4. The summed E-state index contributed by atoms with van der Waals surface area (Å²) in [5, 5.41) is 12.1. The maximum atomic E-state index is 8.66. The largest absolute Gasteiger partial charge is 0.396 e. The Morgan fingerprint density at radius 3 is 2.53 bits per heavy atom. The molecular formula is C14H23NOS. The molecule has 0 atom stereocenters. The number of anilines is 1. The number of thioether (sulfide) groups is 1. The Hall–Kier alpha value is -0.670. The summed E-state index contributed by atoms with van der Waals surface area (Å²) < 4.78 is 0. The van der Waals surface area contributed by atoms with Crippen molar-refractivity contribution in [1.29, 1.82) is 0 Å². The molecular weight excluding hydrogens is 230 g/mol. The van der Waals surface area contributed by atoms with E-state index < -0.39 is 0 Å². The highest BCUT2D eigenvalue weighted by Crippen LogP contribution is 2.15. The van der Waals surface area contributed by atoms with Gasteiger partial charge in [0, 0.05) is 24.6 Å². The molecule has 2 N–H and O–H groups in total. The number of aliphatic hydroxyl groups is 1. The first kappa shape index (κ1) is 14.4. The molecule has 96 valence electrons. The first-order valence-corrected chi connectivity index (χ1v) is 7.53. The van der Waals surface area contributed by atoms with Crippen molar-refractivity contribution in [3.05, 3.63) is 29.8 Å². The molecule has 0 amide bonds. The van der Waals surface area contributed by atoms with Crippen LogP contribution in [0.25, 0.3) is 0 Å². The maximum absolute atomic E-state index is 8.66. The molecule has 0 spiro atoms. The zero-order chi connectivity index (χ0) is 12.3. The fraction of sp³-hybridized carbons (Fsp3) is 0.571. The van der Waals surface area contributed by atoms with Crippen LogP contribution in [0.2, 0.25) is 0 Å². The van der Waals surface area contributed by atoms with Gasteiger partial charge in [-0.25, -0.2) is 0 Å². The van der Waals surface area contributed by atoms with Crippen molar-refractivity contribution in [2.75, 3.05) is 24.2 Å². The summed E-state index contributed by atoms with van der Waals surface area (Å²) in [5.74, 6) is 2.28. The van der Waals surface area contributed by atoms with Gasteiger partial charge < -0.3 is 10.4 Å². The quantitative estimate of drug-likeness (QED) is 0.661. The standard InChI is InChI=1S/C14H23NOS/c1-2-17-12-13-6-8-14(9-7-13)15-10-4-3-5-11-16/h6-9,15-16H,2-5,10-12H2,1H3. The Bertz CT molecular complexity index is 287. The van der Waals surface area contributed by atoms with Crippen LogP contribution in [0.4, 0.5) is 5.69 Å². The van der Waals surface area contributed by atoms with Gasteiger partial charge in [-0.2, -0.15) is 11.8 Å². The van der Waals surface area contributed by atoms with Crippen molar-refractivity contribution in [3.63, 3.8) is 0 Å². The van der Waals surface area contributed by atoms with E-state index in [9.17, 15) is 0 Å². The number of hydrogen-bond donors (Lipinski definition) is 2. The highest BCUT2D eigenvalue weighted by atomic mass is 32.2. The minimum absolute atomic E-state index is 0.309. The number of benzene rings is 1. The van der Waals surface area contributed by atoms with Crippen LogP contribution in [-0.4, -0.2) is 24.0 Å². The van der Waals surface area contributed by atoms with Crippen LogP contribution in [0.1, 0.15) is 31.7 Å². The number of aliphatic hydroxyl groups excluding tert-OH is 1. The molecule has 0 heterocycles. The Kier molecular flexibility index (Phi) is 7.93. The highest BCUT2D eigenvalue weighted by Gasteiger charge is 1.94. The lowest BCUT2D eigenvalue weighted by molar-refractivity contribution is 0.283. The van der Waals surface area contributed by atoms with Crippen molar-refractivity contribution < 1.29 is 5.11 Å². The van der Waals surface area contributed by atoms with Crippen LogP contribution in [0.5, 0.6) is 0 Å². The second-order valence-corrected chi connectivity index (χ2v) is 5.32. The van der Waals surface area contributed by atoms with E-state index in [0.717, 1.165) is 31.6 Å². The van der Waals surface area contributed by atoms with E-state index in [4.69, 9.17) is 5.11 Å². The van der Waals surface area contributed by atoms with Crippen LogP contribution in [0.15, 0.2) is 24.3 Å². The summed E-state index contributed by atoms with van der Waals surface area (Å²) in [6.07, 6.45) is 3.12. The number of rotatable bonds is 9. The van der Waals surface area contributed by atoms with Crippen molar-refractivity contribution in [3.8, 4) is 0 Å². The predicted octanol–water partition coefficient (Wildman–Crippen LogP) is 3.51. The molecule has 0 aromatic heterocycles. The Morgan fingerprint density at radius 2 is 1.88 bits per heavy atom. The zero-order valence-electron chi connectivity index (χ0n) is 10.6. The van der Waals surface area contributed by atoms with E-state index in [1.165, 1.54) is 17.0 Å². The molecule has 0 aliphatic rings. The minimum Gasteiger partial charge on any atom is -0.396 e. The summed E-state index contributed by atoms with van der Waals surface area (Å²) in [7, 11) is 0. The SMILES string of the molecule is CCSCc1ccc(NCCCCCO)cc1. The lowest BCUT2D eigenvalue weighted by Gasteiger charge is -2.07. The highest BCUT2D eigenvalue weighted by molar-refractivity contribution is 7.98. The minimum atomic E-state index is 0.309. The van der Waals surface area contributed by atoms with Gasteiger partial charge >= 0.3 is 0 Å². The molecule has 1 aromatic rings. The second-order valence-electron chi connectivity index (χ2n) is 4.05. The topological polar surface area (TPSA) is 32.3 Å². The maximum Gasteiger partial charge on any atom is 0.0431 e. The monoisotopic (exact) mass is 253 g/mol. The number of nitrogens with one attached hydrogen (secondary N) is 1. The van der Waals surface area contributed by atoms with Gasteiger partial charge in [0.15, 0.2) is 0 Å². The summed E-state index contributed by atoms with van der Waals surface area (Å²) in [6, 6.07) is 8.69. The van der Waals surface area contributed by atoms with Gasteiger partial charge in [-0.1, -0.05) is 19.1 Å². The first-order chi connectivity index (χ1) is 8.36. The molecule has 0 radical (unpaired) electrons. The first-order valence-electron chi connectivity index (χ1n) is 6.38. The van der Waals surface area contributed by atoms with E-state index in [1.54, 1.807) is 0 Å². The molecule has 2 nitrogen and oxygen atoms in total. The van der Waals surface area contributed by atoms with E-state index in [0.29, 0.717) is 6.61 Å². The molecule has 17 heavy (non-hydrogen) atoms. The van der Waals surface area contributed by atoms with Crippen LogP contribution in [0, 0.1) is 0 Å². The van der Waals surface area contributed by atoms with E-state index in [-0.39, 0.29) is 0 Å². The van der Waals surface area contributed by atoms with Crippen molar-refractivity contribution in [1.82, 2.24) is 0 Å². The lowest BCUT2D eigenvalue weighted by Crippen LogP contribution is -2.01. The van der Waals surface area contributed by atoms with Crippen molar-refractivity contribution >= 4 is 17.4 Å². The van der Waals surface area contributed by atoms with Gasteiger partial charge in [0.25, 0.3) is 0 Å². The van der Waals surface area contributed by atoms with Gasteiger partial charge in [-0.05, 0) is 42.7 Å². The fourth-order valence-corrected chi connectivity index (χ4v) is 2.22. The van der Waals surface area contributed by atoms with Crippen LogP contribution < -0.4 is 5.32 Å². The summed E-state index contributed by atoms with van der Waals surface area (Å²) in [6.45, 7) is 3.49. The second kappa shape index (κ2) is 9.37. The lowest BCUT2D eigenvalue weighted by atomic mass is 10.2. The van der Waals surface area contributed by atoms with Gasteiger partial charge in [0.05, 0.1) is 0 Å². The number of hydrogen-bond acceptors (Lipinski definition) is 3. The van der Waals surface area contributed by atoms with E-state index in [2.05, 4.69) is 36.5 Å². The Morgan fingerprint density at radius 1 is 1.12 bits per heavy atom. The Balaban J connectivity index is 2.20. The van der Waals surface area contributed by atoms with Crippen molar-refractivity contribution in [2.24, 2.45) is 0 Å². The van der Waals surface area contributed by atoms with Crippen molar-refractivity contribution in [2.45, 2.75) is 31.9 Å². The molecule has 0 fully saturated rings.